The second-order valence-electron chi connectivity index (χ2n) is 7.38. The van der Waals surface area contributed by atoms with Crippen LogP contribution in [0.1, 0.15) is 38.9 Å². The van der Waals surface area contributed by atoms with Gasteiger partial charge in [0.1, 0.15) is 11.5 Å². The standard InChI is InChI=1S/C21H27ClN2O2/c1-15(2)13-21(25)24-11-9-16(10-12-24)23-14-17-7-8-20(26-17)18-5-3-4-6-19(18)22/h3-8,15-16,23H,9-14H2,1-2H3. The molecule has 0 aliphatic carbocycles. The summed E-state index contributed by atoms with van der Waals surface area (Å²) in [6.45, 7) is 6.55. The molecule has 0 radical (unpaired) electrons. The van der Waals surface area contributed by atoms with Gasteiger partial charge in [-0.1, -0.05) is 37.6 Å². The highest BCUT2D eigenvalue weighted by Gasteiger charge is 2.23. The number of halogens is 1. The van der Waals surface area contributed by atoms with Crippen LogP contribution >= 0.6 is 11.6 Å². The molecule has 1 aliphatic rings. The Kier molecular flexibility index (Phi) is 6.38. The molecule has 0 spiro atoms. The summed E-state index contributed by atoms with van der Waals surface area (Å²) in [4.78, 5) is 14.1. The van der Waals surface area contributed by atoms with Crippen LogP contribution in [0.5, 0.6) is 0 Å². The minimum Gasteiger partial charge on any atom is -0.460 e. The van der Waals surface area contributed by atoms with E-state index in [2.05, 4.69) is 19.2 Å². The van der Waals surface area contributed by atoms with E-state index in [0.29, 0.717) is 29.9 Å². The molecule has 0 bridgehead atoms. The van der Waals surface area contributed by atoms with Gasteiger partial charge < -0.3 is 14.6 Å². The van der Waals surface area contributed by atoms with Gasteiger partial charge >= 0.3 is 0 Å². The molecule has 5 heteroatoms. The van der Waals surface area contributed by atoms with Gasteiger partial charge in [0.15, 0.2) is 0 Å². The van der Waals surface area contributed by atoms with Crippen molar-refractivity contribution in [1.82, 2.24) is 10.2 Å². The van der Waals surface area contributed by atoms with Gasteiger partial charge in [-0.3, -0.25) is 4.79 Å². The van der Waals surface area contributed by atoms with Crippen LogP contribution in [0.25, 0.3) is 11.3 Å². The Labute approximate surface area is 160 Å². The number of likely N-dealkylation sites (tertiary alicyclic amines) is 1. The van der Waals surface area contributed by atoms with Crippen molar-refractivity contribution in [1.29, 1.82) is 0 Å². The van der Waals surface area contributed by atoms with Crippen molar-refractivity contribution in [3.8, 4) is 11.3 Å². The van der Waals surface area contributed by atoms with Crippen LogP contribution < -0.4 is 5.32 Å². The molecule has 1 N–H and O–H groups in total. The second-order valence-corrected chi connectivity index (χ2v) is 7.79. The minimum atomic E-state index is 0.286. The highest BCUT2D eigenvalue weighted by Crippen LogP contribution is 2.29. The Morgan fingerprint density at radius 3 is 2.65 bits per heavy atom. The van der Waals surface area contributed by atoms with E-state index in [-0.39, 0.29) is 5.91 Å². The Balaban J connectivity index is 1.47. The average Bonchev–Trinajstić information content (AvgIpc) is 3.09. The van der Waals surface area contributed by atoms with Crippen molar-refractivity contribution in [2.75, 3.05) is 13.1 Å². The number of rotatable bonds is 6. The number of nitrogens with zero attached hydrogens (tertiary/aromatic N) is 1. The molecule has 0 atom stereocenters. The topological polar surface area (TPSA) is 45.5 Å². The van der Waals surface area contributed by atoms with E-state index in [4.69, 9.17) is 16.0 Å². The van der Waals surface area contributed by atoms with Gasteiger partial charge in [0, 0.05) is 31.1 Å². The van der Waals surface area contributed by atoms with Crippen molar-refractivity contribution in [2.45, 2.75) is 45.7 Å². The summed E-state index contributed by atoms with van der Waals surface area (Å²) in [6.07, 6.45) is 2.62. The van der Waals surface area contributed by atoms with Crippen LogP contribution in [0.4, 0.5) is 0 Å². The number of amides is 1. The Hall–Kier alpha value is -1.78. The van der Waals surface area contributed by atoms with E-state index in [9.17, 15) is 4.79 Å². The molecule has 140 valence electrons. The predicted octanol–water partition coefficient (Wildman–Crippen LogP) is 4.73. The third-order valence-electron chi connectivity index (χ3n) is 4.80. The van der Waals surface area contributed by atoms with Gasteiger partial charge in [-0.25, -0.2) is 0 Å². The summed E-state index contributed by atoms with van der Waals surface area (Å²) >= 11 is 6.23. The van der Waals surface area contributed by atoms with Crippen LogP contribution in [0.15, 0.2) is 40.8 Å². The fourth-order valence-electron chi connectivity index (χ4n) is 3.33. The number of furan rings is 1. The molecule has 1 aromatic carbocycles. The minimum absolute atomic E-state index is 0.286. The number of benzene rings is 1. The molecular weight excluding hydrogens is 348 g/mol. The van der Waals surface area contributed by atoms with E-state index in [1.165, 1.54) is 0 Å². The lowest BCUT2D eigenvalue weighted by Gasteiger charge is -2.32. The first kappa shape index (κ1) is 19.0. The highest BCUT2D eigenvalue weighted by atomic mass is 35.5. The van der Waals surface area contributed by atoms with E-state index >= 15 is 0 Å². The molecule has 1 aliphatic heterocycles. The lowest BCUT2D eigenvalue weighted by atomic mass is 10.0. The maximum absolute atomic E-state index is 12.1. The van der Waals surface area contributed by atoms with Crippen LogP contribution in [0.3, 0.4) is 0 Å². The summed E-state index contributed by atoms with van der Waals surface area (Å²) < 4.78 is 5.93. The third kappa shape index (κ3) is 4.89. The molecule has 2 aromatic rings. The van der Waals surface area contributed by atoms with Crippen LogP contribution in [0, 0.1) is 5.92 Å². The number of hydrogen-bond donors (Lipinski definition) is 1. The lowest BCUT2D eigenvalue weighted by molar-refractivity contribution is -0.133. The predicted molar refractivity (Wildman–Crippen MR) is 105 cm³/mol. The van der Waals surface area contributed by atoms with Gasteiger partial charge in [0.25, 0.3) is 0 Å². The molecule has 1 fully saturated rings. The molecule has 1 amide bonds. The smallest absolute Gasteiger partial charge is 0.222 e. The van der Waals surface area contributed by atoms with Gasteiger partial charge in [-0.15, -0.1) is 0 Å². The average molecular weight is 375 g/mol. The van der Waals surface area contributed by atoms with Gasteiger partial charge in [-0.05, 0) is 43.0 Å². The Bertz CT molecular complexity index is 733. The first-order valence-corrected chi connectivity index (χ1v) is 9.75. The molecule has 2 heterocycles. The van der Waals surface area contributed by atoms with Crippen molar-refractivity contribution in [2.24, 2.45) is 5.92 Å². The van der Waals surface area contributed by atoms with E-state index in [1.54, 1.807) is 0 Å². The molecule has 4 nitrogen and oxygen atoms in total. The largest absolute Gasteiger partial charge is 0.460 e. The number of nitrogens with one attached hydrogen (secondary N) is 1. The number of hydrogen-bond acceptors (Lipinski definition) is 3. The van der Waals surface area contributed by atoms with E-state index in [1.807, 2.05) is 41.3 Å². The maximum atomic E-state index is 12.1. The lowest BCUT2D eigenvalue weighted by Crippen LogP contribution is -2.44. The fourth-order valence-corrected chi connectivity index (χ4v) is 3.56. The first-order chi connectivity index (χ1) is 12.5. The zero-order chi connectivity index (χ0) is 18.5. The zero-order valence-electron chi connectivity index (χ0n) is 15.5. The summed E-state index contributed by atoms with van der Waals surface area (Å²) in [7, 11) is 0. The van der Waals surface area contributed by atoms with Gasteiger partial charge in [-0.2, -0.15) is 0 Å². The normalized spacial score (nSPS) is 15.6. The maximum Gasteiger partial charge on any atom is 0.222 e. The number of piperidine rings is 1. The first-order valence-electron chi connectivity index (χ1n) is 9.37. The zero-order valence-corrected chi connectivity index (χ0v) is 16.3. The molecule has 0 saturated carbocycles. The summed E-state index contributed by atoms with van der Waals surface area (Å²) in [5.41, 5.74) is 0.914. The summed E-state index contributed by atoms with van der Waals surface area (Å²) in [5, 5.41) is 4.25. The van der Waals surface area contributed by atoms with Crippen molar-refractivity contribution in [3.63, 3.8) is 0 Å². The van der Waals surface area contributed by atoms with Crippen molar-refractivity contribution < 1.29 is 9.21 Å². The molecule has 1 aromatic heterocycles. The highest BCUT2D eigenvalue weighted by molar-refractivity contribution is 6.33. The summed E-state index contributed by atoms with van der Waals surface area (Å²) in [6, 6.07) is 12.1. The van der Waals surface area contributed by atoms with Crippen LogP contribution in [-0.2, 0) is 11.3 Å². The van der Waals surface area contributed by atoms with E-state index < -0.39 is 0 Å². The Morgan fingerprint density at radius 2 is 1.96 bits per heavy atom. The van der Waals surface area contributed by atoms with Crippen molar-refractivity contribution >= 4 is 17.5 Å². The summed E-state index contributed by atoms with van der Waals surface area (Å²) in [5.74, 6) is 2.40. The molecule has 0 unspecified atom stereocenters. The molecule has 3 rings (SSSR count). The number of carbonyl (C=O) groups excluding carboxylic acids is 1. The van der Waals surface area contributed by atoms with Gasteiger partial charge in [0.05, 0.1) is 11.6 Å². The van der Waals surface area contributed by atoms with Crippen LogP contribution in [-0.4, -0.2) is 29.9 Å². The molecule has 1 saturated heterocycles. The number of carbonyl (C=O) groups is 1. The fraction of sp³-hybridized carbons (Fsp3) is 0.476. The van der Waals surface area contributed by atoms with Crippen molar-refractivity contribution in [3.05, 3.63) is 47.2 Å². The van der Waals surface area contributed by atoms with Gasteiger partial charge in [0.2, 0.25) is 5.91 Å². The monoisotopic (exact) mass is 374 g/mol. The quantitative estimate of drug-likeness (QED) is 0.795. The molecular formula is C21H27ClN2O2. The Morgan fingerprint density at radius 1 is 1.23 bits per heavy atom. The third-order valence-corrected chi connectivity index (χ3v) is 5.13. The second kappa shape index (κ2) is 8.74. The SMILES string of the molecule is CC(C)CC(=O)N1CCC(NCc2ccc(-c3ccccc3Cl)o2)CC1. The van der Waals surface area contributed by atoms with Crippen LogP contribution in [0.2, 0.25) is 5.02 Å². The molecule has 26 heavy (non-hydrogen) atoms. The van der Waals surface area contributed by atoms with E-state index in [0.717, 1.165) is 43.0 Å².